The monoisotopic (exact) mass is 501 g/mol. The number of likely N-dealkylation sites (tertiary alicyclic amines) is 1. The number of benzene rings is 1. The molecule has 1 amide bonds. The molecule has 1 aliphatic heterocycles. The Balaban J connectivity index is 1.33. The molecule has 0 spiro atoms. The average Bonchev–Trinajstić information content (AvgIpc) is 3.44. The van der Waals surface area contributed by atoms with Crippen LogP contribution < -0.4 is 0 Å². The van der Waals surface area contributed by atoms with Gasteiger partial charge in [0.1, 0.15) is 18.2 Å². The fraction of sp³-hybridized carbons (Fsp3) is 0.679. The Morgan fingerprint density at radius 1 is 1.14 bits per heavy atom. The number of Topliss-reactive ketones (excluding diaryl/α,β-unsaturated/α-hetero) is 1. The van der Waals surface area contributed by atoms with Crippen molar-refractivity contribution in [1.29, 1.82) is 0 Å². The fourth-order valence-electron chi connectivity index (χ4n) is 6.64. The van der Waals surface area contributed by atoms with Gasteiger partial charge in [-0.1, -0.05) is 33.8 Å². The number of rotatable bonds is 8. The van der Waals surface area contributed by atoms with E-state index in [0.29, 0.717) is 30.9 Å². The van der Waals surface area contributed by atoms with Gasteiger partial charge in [-0.15, -0.1) is 0 Å². The normalized spacial score (nSPS) is 30.2. The maximum atomic E-state index is 13.2. The summed E-state index contributed by atoms with van der Waals surface area (Å²) in [7, 11) is 0. The number of nitrogens with zero attached hydrogens (tertiary/aromatic N) is 1. The van der Waals surface area contributed by atoms with Gasteiger partial charge in [-0.2, -0.15) is 0 Å². The van der Waals surface area contributed by atoms with Crippen molar-refractivity contribution >= 4 is 17.7 Å². The van der Waals surface area contributed by atoms with Gasteiger partial charge < -0.3 is 25.0 Å². The third-order valence-electron chi connectivity index (χ3n) is 9.55. The fourth-order valence-corrected chi connectivity index (χ4v) is 6.64. The molecular weight excluding hydrogens is 462 g/mol. The molecule has 6 atom stereocenters. The number of phenolic OH excluding ortho intramolecular Hbond substituents is 2. The summed E-state index contributed by atoms with van der Waals surface area (Å²) in [5.74, 6) is -1.87. The lowest BCUT2D eigenvalue weighted by atomic mass is 9.70. The van der Waals surface area contributed by atoms with Crippen LogP contribution in [0.1, 0.15) is 71.8 Å². The van der Waals surface area contributed by atoms with E-state index in [1.165, 1.54) is 18.2 Å². The van der Waals surface area contributed by atoms with E-state index >= 15 is 0 Å². The van der Waals surface area contributed by atoms with Crippen LogP contribution in [0.2, 0.25) is 0 Å². The Kier molecular flexibility index (Phi) is 7.12. The highest BCUT2D eigenvalue weighted by Crippen LogP contribution is 2.66. The minimum absolute atomic E-state index is 0.0379. The first kappa shape index (κ1) is 26.5. The lowest BCUT2D eigenvalue weighted by Gasteiger charge is -2.39. The molecule has 4 rings (SSSR count). The Hall–Kier alpha value is -2.61. The minimum Gasteiger partial charge on any atom is -0.504 e. The lowest BCUT2D eigenvalue weighted by molar-refractivity contribution is -0.165. The molecule has 198 valence electrons. The Morgan fingerprint density at radius 3 is 2.47 bits per heavy atom. The molecule has 3 fully saturated rings. The van der Waals surface area contributed by atoms with Crippen LogP contribution in [0, 0.1) is 22.7 Å². The number of amides is 1. The molecule has 1 aromatic rings. The van der Waals surface area contributed by atoms with Crippen molar-refractivity contribution in [3.8, 4) is 11.5 Å². The van der Waals surface area contributed by atoms with E-state index in [2.05, 4.69) is 20.8 Å². The third kappa shape index (κ3) is 4.60. The zero-order chi connectivity index (χ0) is 26.4. The first-order chi connectivity index (χ1) is 16.8. The van der Waals surface area contributed by atoms with Crippen LogP contribution in [-0.2, 0) is 25.5 Å². The van der Waals surface area contributed by atoms with E-state index in [1.807, 2.05) is 0 Å². The SMILES string of the molecule is CC(CC(=O)C(O)Cc1ccc(O)c(O)c1)C(=O)N1CCCC1C(=O)OC1CC2CCC1(C)C2(C)C. The van der Waals surface area contributed by atoms with Gasteiger partial charge in [0.15, 0.2) is 17.3 Å². The van der Waals surface area contributed by atoms with E-state index in [1.54, 1.807) is 11.8 Å². The zero-order valence-corrected chi connectivity index (χ0v) is 21.7. The lowest BCUT2D eigenvalue weighted by Crippen LogP contribution is -2.47. The van der Waals surface area contributed by atoms with Crippen LogP contribution in [0.4, 0.5) is 0 Å². The summed E-state index contributed by atoms with van der Waals surface area (Å²) in [6, 6.07) is 3.46. The second-order valence-electron chi connectivity index (χ2n) is 11.8. The summed E-state index contributed by atoms with van der Waals surface area (Å²) < 4.78 is 6.05. The minimum atomic E-state index is -1.34. The number of esters is 1. The van der Waals surface area contributed by atoms with Crippen LogP contribution in [0.5, 0.6) is 11.5 Å². The van der Waals surface area contributed by atoms with Gasteiger partial charge in [-0.05, 0) is 61.1 Å². The first-order valence-electron chi connectivity index (χ1n) is 13.1. The highest BCUT2D eigenvalue weighted by atomic mass is 16.5. The summed E-state index contributed by atoms with van der Waals surface area (Å²) >= 11 is 0. The van der Waals surface area contributed by atoms with Gasteiger partial charge in [0, 0.05) is 30.7 Å². The molecule has 3 aliphatic rings. The predicted molar refractivity (Wildman–Crippen MR) is 132 cm³/mol. The summed E-state index contributed by atoms with van der Waals surface area (Å²) in [5, 5.41) is 29.4. The van der Waals surface area contributed by atoms with E-state index in [0.717, 1.165) is 19.3 Å². The van der Waals surface area contributed by atoms with Crippen LogP contribution in [0.15, 0.2) is 18.2 Å². The maximum Gasteiger partial charge on any atom is 0.329 e. The molecule has 1 aromatic carbocycles. The van der Waals surface area contributed by atoms with E-state index < -0.39 is 23.8 Å². The van der Waals surface area contributed by atoms with E-state index in [4.69, 9.17) is 4.74 Å². The number of ether oxygens (including phenoxy) is 1. The molecule has 6 unspecified atom stereocenters. The molecular formula is C28H39NO7. The predicted octanol–water partition coefficient (Wildman–Crippen LogP) is 3.35. The number of aliphatic hydroxyl groups excluding tert-OH is 1. The Bertz CT molecular complexity index is 1040. The van der Waals surface area contributed by atoms with Crippen molar-refractivity contribution in [3.05, 3.63) is 23.8 Å². The van der Waals surface area contributed by atoms with Gasteiger partial charge in [-0.3, -0.25) is 9.59 Å². The highest BCUT2D eigenvalue weighted by Gasteiger charge is 2.63. The topological polar surface area (TPSA) is 124 Å². The number of hydrogen-bond acceptors (Lipinski definition) is 7. The summed E-state index contributed by atoms with van der Waals surface area (Å²) in [6.07, 6.45) is 2.66. The van der Waals surface area contributed by atoms with Crippen LogP contribution in [0.25, 0.3) is 0 Å². The zero-order valence-electron chi connectivity index (χ0n) is 21.7. The van der Waals surface area contributed by atoms with Crippen molar-refractivity contribution in [2.24, 2.45) is 22.7 Å². The number of ketones is 1. The summed E-state index contributed by atoms with van der Waals surface area (Å²) in [4.78, 5) is 40.6. The summed E-state index contributed by atoms with van der Waals surface area (Å²) in [6.45, 7) is 8.83. The highest BCUT2D eigenvalue weighted by molar-refractivity contribution is 5.91. The van der Waals surface area contributed by atoms with Crippen molar-refractivity contribution in [1.82, 2.24) is 4.90 Å². The average molecular weight is 502 g/mol. The van der Waals surface area contributed by atoms with Crippen molar-refractivity contribution in [2.75, 3.05) is 6.54 Å². The second-order valence-corrected chi connectivity index (χ2v) is 11.8. The molecule has 8 heteroatoms. The number of hydrogen-bond donors (Lipinski definition) is 3. The van der Waals surface area contributed by atoms with Gasteiger partial charge in [0.2, 0.25) is 5.91 Å². The Labute approximate surface area is 212 Å². The van der Waals surface area contributed by atoms with Gasteiger partial charge in [0.25, 0.3) is 0 Å². The molecule has 36 heavy (non-hydrogen) atoms. The van der Waals surface area contributed by atoms with Gasteiger partial charge in [-0.25, -0.2) is 4.79 Å². The molecule has 2 bridgehead atoms. The molecule has 1 saturated heterocycles. The first-order valence-corrected chi connectivity index (χ1v) is 13.1. The molecule has 2 saturated carbocycles. The molecule has 8 nitrogen and oxygen atoms in total. The third-order valence-corrected chi connectivity index (χ3v) is 9.55. The molecule has 1 heterocycles. The van der Waals surface area contributed by atoms with Crippen molar-refractivity contribution < 1.29 is 34.4 Å². The van der Waals surface area contributed by atoms with Crippen LogP contribution in [0.3, 0.4) is 0 Å². The Morgan fingerprint density at radius 2 is 1.86 bits per heavy atom. The van der Waals surface area contributed by atoms with Gasteiger partial charge >= 0.3 is 5.97 Å². The number of carbonyl (C=O) groups is 3. The maximum absolute atomic E-state index is 13.2. The standard InChI is InChI=1S/C28H39NO7/c1-16(12-21(31)23(33)14-17-7-8-20(30)22(32)13-17)25(34)29-11-5-6-19(29)26(35)36-24-15-18-9-10-28(24,4)27(18,2)3/h7-8,13,16,18-19,23-24,30,32-33H,5-6,9-12,14-15H2,1-4H3. The number of phenols is 2. The number of carbonyl (C=O) groups excluding carboxylic acids is 3. The molecule has 2 aliphatic carbocycles. The quantitative estimate of drug-likeness (QED) is 0.369. The molecule has 3 N–H and O–H groups in total. The number of fused-ring (bicyclic) bond motifs is 2. The van der Waals surface area contributed by atoms with E-state index in [9.17, 15) is 29.7 Å². The summed E-state index contributed by atoms with van der Waals surface area (Å²) in [5.41, 5.74) is 0.563. The number of aliphatic hydroxyl groups is 1. The van der Waals surface area contributed by atoms with E-state index in [-0.39, 0.29) is 53.2 Å². The molecule has 0 aromatic heterocycles. The van der Waals surface area contributed by atoms with Crippen molar-refractivity contribution in [2.45, 2.75) is 90.9 Å². The van der Waals surface area contributed by atoms with Crippen molar-refractivity contribution in [3.63, 3.8) is 0 Å². The smallest absolute Gasteiger partial charge is 0.329 e. The van der Waals surface area contributed by atoms with Crippen LogP contribution in [-0.4, -0.2) is 62.7 Å². The second kappa shape index (κ2) is 9.69. The largest absolute Gasteiger partial charge is 0.504 e. The number of aromatic hydroxyl groups is 2. The van der Waals surface area contributed by atoms with Crippen LogP contribution >= 0.6 is 0 Å². The van der Waals surface area contributed by atoms with Gasteiger partial charge in [0.05, 0.1) is 0 Å². The molecule has 0 radical (unpaired) electrons.